The van der Waals surface area contributed by atoms with E-state index in [4.69, 9.17) is 0 Å². The Morgan fingerprint density at radius 3 is 2.63 bits per heavy atom. The smallest absolute Gasteiger partial charge is 0.264 e. The second kappa shape index (κ2) is 7.25. The second-order valence-corrected chi connectivity index (χ2v) is 7.20. The lowest BCUT2D eigenvalue weighted by molar-refractivity contribution is -0.115. The van der Waals surface area contributed by atoms with Crippen LogP contribution < -0.4 is 5.32 Å². The Kier molecular flexibility index (Phi) is 4.64. The van der Waals surface area contributed by atoms with Gasteiger partial charge in [0.15, 0.2) is 5.17 Å². The van der Waals surface area contributed by atoms with Crippen LogP contribution in [-0.2, 0) is 4.79 Å². The molecule has 4 rings (SSSR count). The van der Waals surface area contributed by atoms with Crippen molar-refractivity contribution < 1.29 is 4.79 Å². The highest BCUT2D eigenvalue weighted by Crippen LogP contribution is 2.30. The fourth-order valence-electron chi connectivity index (χ4n) is 3.01. The zero-order valence-corrected chi connectivity index (χ0v) is 15.8. The first-order valence-electron chi connectivity index (χ1n) is 8.57. The maximum absolute atomic E-state index is 12.4. The van der Waals surface area contributed by atoms with Gasteiger partial charge in [0, 0.05) is 17.6 Å². The van der Waals surface area contributed by atoms with Gasteiger partial charge in [-0.05, 0) is 67.6 Å². The average molecular weight is 374 g/mol. The van der Waals surface area contributed by atoms with Crippen LogP contribution >= 0.6 is 11.8 Å². The predicted octanol–water partition coefficient (Wildman–Crippen LogP) is 4.38. The van der Waals surface area contributed by atoms with Crippen LogP contribution in [0.3, 0.4) is 0 Å². The molecular weight excluding hydrogens is 356 g/mol. The number of carbonyl (C=O) groups is 1. The van der Waals surface area contributed by atoms with Crippen LogP contribution in [0.5, 0.6) is 0 Å². The Hall–Kier alpha value is -3.12. The van der Waals surface area contributed by atoms with Crippen LogP contribution in [0, 0.1) is 13.8 Å². The van der Waals surface area contributed by atoms with E-state index in [1.165, 1.54) is 11.8 Å². The molecule has 1 amide bonds. The van der Waals surface area contributed by atoms with E-state index in [-0.39, 0.29) is 5.91 Å². The molecule has 1 N–H and O–H groups in total. The van der Waals surface area contributed by atoms with Crippen molar-refractivity contribution in [3.63, 3.8) is 0 Å². The molecule has 3 aromatic rings. The molecule has 0 bridgehead atoms. The van der Waals surface area contributed by atoms with Gasteiger partial charge in [0.2, 0.25) is 0 Å². The van der Waals surface area contributed by atoms with Crippen molar-refractivity contribution in [1.82, 2.24) is 14.9 Å². The second-order valence-electron chi connectivity index (χ2n) is 6.17. The molecule has 27 heavy (non-hydrogen) atoms. The van der Waals surface area contributed by atoms with E-state index in [9.17, 15) is 4.79 Å². The molecule has 1 aliphatic heterocycles. The zero-order chi connectivity index (χ0) is 18.8. The van der Waals surface area contributed by atoms with Gasteiger partial charge in [0.1, 0.15) is 5.82 Å². The minimum absolute atomic E-state index is 0.127. The van der Waals surface area contributed by atoms with Crippen molar-refractivity contribution in [2.75, 3.05) is 0 Å². The van der Waals surface area contributed by atoms with E-state index in [0.717, 1.165) is 28.5 Å². The molecule has 5 nitrogen and oxygen atoms in total. The largest absolute Gasteiger partial charge is 0.303 e. The summed E-state index contributed by atoms with van der Waals surface area (Å²) >= 11 is 1.35. The highest BCUT2D eigenvalue weighted by Gasteiger charge is 2.24. The maximum Gasteiger partial charge on any atom is 0.264 e. The van der Waals surface area contributed by atoms with Crippen LogP contribution in [0.2, 0.25) is 0 Å². The lowest BCUT2D eigenvalue weighted by Gasteiger charge is -2.07. The van der Waals surface area contributed by atoms with Crippen LogP contribution in [0.25, 0.3) is 11.9 Å². The summed E-state index contributed by atoms with van der Waals surface area (Å²) in [6.07, 6.45) is 3.69. The van der Waals surface area contributed by atoms with Gasteiger partial charge in [-0.25, -0.2) is 9.98 Å². The number of carbonyl (C=O) groups excluding carboxylic acids is 1. The molecule has 0 atom stereocenters. The van der Waals surface area contributed by atoms with Crippen molar-refractivity contribution >= 4 is 34.6 Å². The Balaban J connectivity index is 1.65. The summed E-state index contributed by atoms with van der Waals surface area (Å²) in [6.45, 7) is 4.07. The van der Waals surface area contributed by atoms with E-state index in [2.05, 4.69) is 25.9 Å². The third-order valence-corrected chi connectivity index (χ3v) is 5.18. The number of rotatable bonds is 3. The molecule has 0 saturated carbocycles. The van der Waals surface area contributed by atoms with Crippen LogP contribution in [0.15, 0.2) is 70.7 Å². The van der Waals surface area contributed by atoms with Gasteiger partial charge in [-0.15, -0.1) is 0 Å². The zero-order valence-electron chi connectivity index (χ0n) is 15.0. The Morgan fingerprint density at radius 1 is 1.11 bits per heavy atom. The molecule has 1 aliphatic rings. The highest BCUT2D eigenvalue weighted by atomic mass is 32.2. The van der Waals surface area contributed by atoms with Gasteiger partial charge >= 0.3 is 0 Å². The number of aromatic nitrogens is 2. The monoisotopic (exact) mass is 374 g/mol. The summed E-state index contributed by atoms with van der Waals surface area (Å²) in [5.41, 5.74) is 3.92. The van der Waals surface area contributed by atoms with Gasteiger partial charge < -0.3 is 9.88 Å². The number of hydrogen-bond donors (Lipinski definition) is 1. The van der Waals surface area contributed by atoms with Gasteiger partial charge in [-0.2, -0.15) is 0 Å². The Labute approximate surface area is 161 Å². The topological polar surface area (TPSA) is 59.3 Å². The fraction of sp³-hybridized carbons (Fsp3) is 0.0952. The summed E-state index contributed by atoms with van der Waals surface area (Å²) in [5.74, 6) is 0.740. The number of amides is 1. The molecule has 0 spiro atoms. The molecule has 3 heterocycles. The van der Waals surface area contributed by atoms with Crippen LogP contribution in [0.1, 0.15) is 17.0 Å². The number of benzene rings is 1. The van der Waals surface area contributed by atoms with Gasteiger partial charge in [-0.3, -0.25) is 4.79 Å². The first-order valence-corrected chi connectivity index (χ1v) is 9.38. The predicted molar refractivity (Wildman–Crippen MR) is 110 cm³/mol. The third-order valence-electron chi connectivity index (χ3n) is 4.27. The number of aryl methyl sites for hydroxylation is 1. The molecule has 1 fully saturated rings. The van der Waals surface area contributed by atoms with Crippen molar-refractivity contribution in [3.05, 3.63) is 82.7 Å². The normalized spacial score (nSPS) is 16.9. The van der Waals surface area contributed by atoms with E-state index in [1.807, 2.05) is 68.5 Å². The number of nitrogens with one attached hydrogen (secondary N) is 1. The molecule has 1 aromatic carbocycles. The van der Waals surface area contributed by atoms with E-state index >= 15 is 0 Å². The summed E-state index contributed by atoms with van der Waals surface area (Å²) in [4.78, 5) is 21.9. The lowest BCUT2D eigenvalue weighted by atomic mass is 10.2. The first kappa shape index (κ1) is 17.3. The van der Waals surface area contributed by atoms with E-state index < -0.39 is 0 Å². The number of thioether (sulfide) groups is 1. The third kappa shape index (κ3) is 3.57. The molecule has 0 unspecified atom stereocenters. The summed E-state index contributed by atoms with van der Waals surface area (Å²) in [7, 11) is 0. The standard InChI is InChI=1S/C21H18N4OS/c1-14-12-16(15(2)25(14)19-10-6-7-11-22-19)13-18-20(26)24-21(27-18)23-17-8-4-3-5-9-17/h3-13H,1-2H3,(H,23,24,26)/b18-13-. The molecule has 1 saturated heterocycles. The number of amidine groups is 1. The molecule has 2 aromatic heterocycles. The van der Waals surface area contributed by atoms with Crippen molar-refractivity contribution in [2.45, 2.75) is 13.8 Å². The van der Waals surface area contributed by atoms with Gasteiger partial charge in [0.05, 0.1) is 10.6 Å². The highest BCUT2D eigenvalue weighted by molar-refractivity contribution is 8.18. The van der Waals surface area contributed by atoms with Crippen molar-refractivity contribution in [3.8, 4) is 5.82 Å². The van der Waals surface area contributed by atoms with E-state index in [0.29, 0.717) is 10.1 Å². The van der Waals surface area contributed by atoms with Gasteiger partial charge in [0.25, 0.3) is 5.91 Å². The number of pyridine rings is 1. The number of para-hydroxylation sites is 1. The molecule has 6 heteroatoms. The molecule has 0 radical (unpaired) electrons. The van der Waals surface area contributed by atoms with E-state index in [1.54, 1.807) is 6.20 Å². The maximum atomic E-state index is 12.4. The SMILES string of the molecule is Cc1cc(/C=C2\SC(=Nc3ccccc3)NC2=O)c(C)n1-c1ccccn1. The Morgan fingerprint density at radius 2 is 1.89 bits per heavy atom. The Bertz CT molecular complexity index is 1050. The van der Waals surface area contributed by atoms with Crippen molar-refractivity contribution in [1.29, 1.82) is 0 Å². The van der Waals surface area contributed by atoms with Crippen molar-refractivity contribution in [2.24, 2.45) is 4.99 Å². The quantitative estimate of drug-likeness (QED) is 0.692. The summed E-state index contributed by atoms with van der Waals surface area (Å²) in [5, 5.41) is 3.43. The fourth-order valence-corrected chi connectivity index (χ4v) is 3.85. The number of hydrogen-bond acceptors (Lipinski definition) is 4. The molecule has 134 valence electrons. The minimum atomic E-state index is -0.127. The minimum Gasteiger partial charge on any atom is -0.303 e. The number of aliphatic imine (C=N–C) groups is 1. The summed E-state index contributed by atoms with van der Waals surface area (Å²) < 4.78 is 2.09. The van der Waals surface area contributed by atoms with Crippen LogP contribution in [0.4, 0.5) is 5.69 Å². The molecule has 0 aliphatic carbocycles. The lowest BCUT2D eigenvalue weighted by Crippen LogP contribution is -2.19. The summed E-state index contributed by atoms with van der Waals surface area (Å²) in [6, 6.07) is 17.5. The van der Waals surface area contributed by atoms with Crippen LogP contribution in [-0.4, -0.2) is 20.6 Å². The molecular formula is C21H18N4OS. The van der Waals surface area contributed by atoms with Gasteiger partial charge in [-0.1, -0.05) is 24.3 Å². The first-order chi connectivity index (χ1) is 13.1. The average Bonchev–Trinajstić information content (AvgIpc) is 3.15. The number of nitrogens with zero attached hydrogens (tertiary/aromatic N) is 3.